The van der Waals surface area contributed by atoms with Crippen molar-refractivity contribution in [1.29, 1.82) is 0 Å². The molecule has 37 heavy (non-hydrogen) atoms. The van der Waals surface area contributed by atoms with Crippen molar-refractivity contribution < 1.29 is 38.6 Å². The Morgan fingerprint density at radius 2 is 1.78 bits per heavy atom. The maximum atomic E-state index is 13.6. The first-order chi connectivity index (χ1) is 17.3. The van der Waals surface area contributed by atoms with E-state index in [9.17, 15) is 29.1 Å². The number of carbonyl (C=O) groups is 5. The topological polar surface area (TPSA) is 131 Å². The number of amides is 5. The van der Waals surface area contributed by atoms with Crippen LogP contribution in [0.3, 0.4) is 0 Å². The molecule has 2 aliphatic heterocycles. The van der Waals surface area contributed by atoms with Gasteiger partial charge < -0.3 is 14.6 Å². The SMILES string of the molecule is COC(=O)N1C(=O)[C@H]2[C@H](CC=C3[C@H]2C[C@@]2(Cl)C(=O)N(C)C(=O)[C@@]2(Cl)[C@H]3c2cc(Br)cc(OC)c2O)C1=O. The van der Waals surface area contributed by atoms with Crippen LogP contribution in [-0.4, -0.2) is 75.6 Å². The lowest BCUT2D eigenvalue weighted by Crippen LogP contribution is -2.60. The molecular formula is C24H21BrCl2N2O8. The highest BCUT2D eigenvalue weighted by atomic mass is 79.9. The standard InChI is InChI=1S/C24H21BrCl2N2O8/c1-28-20(33)23(26)8-13-10(4-5-11-15(13)19(32)29(18(11)31)22(35)37-3)16(24(23,27)21(28)34)12-6-9(25)7-14(36-2)17(12)30/h4,6-7,11,13,15-16,30H,5,8H2,1-3H3/t11-,13+,15-,16+,23+,24-/m0/s1. The Balaban J connectivity index is 1.76. The van der Waals surface area contributed by atoms with E-state index in [4.69, 9.17) is 27.9 Å². The summed E-state index contributed by atoms with van der Waals surface area (Å²) in [5, 5.41) is 11.1. The number of fused-ring (bicyclic) bond motifs is 4. The summed E-state index contributed by atoms with van der Waals surface area (Å²) in [6, 6.07) is 3.05. The molecule has 3 fully saturated rings. The number of rotatable bonds is 2. The number of alkyl halides is 2. The molecule has 196 valence electrons. The summed E-state index contributed by atoms with van der Waals surface area (Å²) in [5.41, 5.74) is 0.617. The van der Waals surface area contributed by atoms with Crippen LogP contribution in [0.2, 0.25) is 0 Å². The average molecular weight is 616 g/mol. The van der Waals surface area contributed by atoms with Crippen molar-refractivity contribution in [2.75, 3.05) is 21.3 Å². The highest BCUT2D eigenvalue weighted by molar-refractivity contribution is 9.10. The van der Waals surface area contributed by atoms with E-state index in [0.29, 0.717) is 14.9 Å². The summed E-state index contributed by atoms with van der Waals surface area (Å²) in [6.45, 7) is 0. The van der Waals surface area contributed by atoms with Gasteiger partial charge in [0.25, 0.3) is 11.8 Å². The molecule has 0 aromatic heterocycles. The number of nitrogens with zero attached hydrogens (tertiary/aromatic N) is 2. The first kappa shape index (κ1) is 26.0. The fourth-order valence-corrected chi connectivity index (χ4v) is 7.80. The molecule has 6 atom stereocenters. The molecule has 5 amide bonds. The van der Waals surface area contributed by atoms with Crippen LogP contribution in [0.1, 0.15) is 24.3 Å². The van der Waals surface area contributed by atoms with Crippen molar-refractivity contribution in [3.05, 3.63) is 33.8 Å². The zero-order valence-corrected chi connectivity index (χ0v) is 22.9. The maximum absolute atomic E-state index is 13.6. The number of carbonyl (C=O) groups excluding carboxylic acids is 5. The Hall–Kier alpha value is -2.63. The van der Waals surface area contributed by atoms with E-state index in [1.165, 1.54) is 26.3 Å². The van der Waals surface area contributed by atoms with Crippen molar-refractivity contribution in [3.8, 4) is 11.5 Å². The highest BCUT2D eigenvalue weighted by Gasteiger charge is 2.76. The molecule has 10 nitrogen and oxygen atoms in total. The van der Waals surface area contributed by atoms with Gasteiger partial charge in [-0.05, 0) is 30.9 Å². The van der Waals surface area contributed by atoms with Crippen LogP contribution in [-0.2, 0) is 23.9 Å². The number of benzene rings is 1. The Morgan fingerprint density at radius 1 is 1.11 bits per heavy atom. The van der Waals surface area contributed by atoms with E-state index in [1.807, 2.05) is 0 Å². The molecule has 2 aliphatic carbocycles. The molecule has 2 saturated heterocycles. The zero-order valence-electron chi connectivity index (χ0n) is 19.8. The van der Waals surface area contributed by atoms with Gasteiger partial charge in [-0.3, -0.25) is 24.1 Å². The second-order valence-corrected chi connectivity index (χ2v) is 11.7. The summed E-state index contributed by atoms with van der Waals surface area (Å²) in [7, 11) is 3.67. The van der Waals surface area contributed by atoms with Gasteiger partial charge in [0, 0.05) is 23.0 Å². The van der Waals surface area contributed by atoms with Crippen molar-refractivity contribution in [3.63, 3.8) is 0 Å². The van der Waals surface area contributed by atoms with Crippen LogP contribution >= 0.6 is 39.1 Å². The van der Waals surface area contributed by atoms with Gasteiger partial charge in [-0.25, -0.2) is 4.79 Å². The minimum absolute atomic E-state index is 0.0667. The minimum Gasteiger partial charge on any atom is -0.504 e. The van der Waals surface area contributed by atoms with Crippen LogP contribution in [0.25, 0.3) is 0 Å². The van der Waals surface area contributed by atoms with Crippen LogP contribution in [0.4, 0.5) is 4.79 Å². The predicted molar refractivity (Wildman–Crippen MR) is 132 cm³/mol. The summed E-state index contributed by atoms with van der Waals surface area (Å²) >= 11 is 17.5. The second kappa shape index (κ2) is 8.44. The maximum Gasteiger partial charge on any atom is 0.423 e. The minimum atomic E-state index is -2.06. The predicted octanol–water partition coefficient (Wildman–Crippen LogP) is 2.92. The number of hydrogen-bond acceptors (Lipinski definition) is 8. The van der Waals surface area contributed by atoms with Crippen molar-refractivity contribution in [2.45, 2.75) is 28.5 Å². The molecular weight excluding hydrogens is 595 g/mol. The number of halogens is 3. The van der Waals surface area contributed by atoms with E-state index in [1.54, 1.807) is 6.08 Å². The lowest BCUT2D eigenvalue weighted by molar-refractivity contribution is -0.139. The summed E-state index contributed by atoms with van der Waals surface area (Å²) in [6.07, 6.45) is 0.409. The third-order valence-corrected chi connectivity index (χ3v) is 9.84. The van der Waals surface area contributed by atoms with Crippen LogP contribution in [0.15, 0.2) is 28.3 Å². The van der Waals surface area contributed by atoms with Crippen LogP contribution in [0.5, 0.6) is 11.5 Å². The third kappa shape index (κ3) is 3.13. The molecule has 0 bridgehead atoms. The normalized spacial score (nSPS) is 34.7. The molecule has 1 aromatic carbocycles. The van der Waals surface area contributed by atoms with Gasteiger partial charge in [-0.2, -0.15) is 4.90 Å². The van der Waals surface area contributed by atoms with Crippen LogP contribution in [0, 0.1) is 17.8 Å². The smallest absolute Gasteiger partial charge is 0.423 e. The fourth-order valence-electron chi connectivity index (χ4n) is 6.33. The summed E-state index contributed by atoms with van der Waals surface area (Å²) in [5.74, 6) is -7.20. The van der Waals surface area contributed by atoms with E-state index in [-0.39, 0.29) is 29.9 Å². The van der Waals surface area contributed by atoms with E-state index >= 15 is 0 Å². The fraction of sp³-hybridized carbons (Fsp3) is 0.458. The Labute approximate surface area is 229 Å². The van der Waals surface area contributed by atoms with E-state index in [2.05, 4.69) is 20.7 Å². The number of imide groups is 4. The van der Waals surface area contributed by atoms with E-state index < -0.39 is 63.1 Å². The molecule has 0 spiro atoms. The summed E-state index contributed by atoms with van der Waals surface area (Å²) < 4.78 is 10.4. The lowest BCUT2D eigenvalue weighted by atomic mass is 9.56. The van der Waals surface area contributed by atoms with E-state index in [0.717, 1.165) is 12.0 Å². The molecule has 0 unspecified atom stereocenters. The second-order valence-electron chi connectivity index (χ2n) is 9.53. The highest BCUT2D eigenvalue weighted by Crippen LogP contribution is 2.66. The Morgan fingerprint density at radius 3 is 2.41 bits per heavy atom. The molecule has 5 rings (SSSR count). The number of ether oxygens (including phenoxy) is 2. The van der Waals surface area contributed by atoms with Gasteiger partial charge in [0.2, 0.25) is 11.8 Å². The number of hydrogen-bond donors (Lipinski definition) is 1. The third-order valence-electron chi connectivity index (χ3n) is 7.97. The van der Waals surface area contributed by atoms with Crippen molar-refractivity contribution in [2.24, 2.45) is 17.8 Å². The molecule has 0 radical (unpaired) electrons. The number of aromatic hydroxyl groups is 1. The molecule has 1 aromatic rings. The molecule has 13 heteroatoms. The largest absolute Gasteiger partial charge is 0.504 e. The quantitative estimate of drug-likeness (QED) is 0.305. The van der Waals surface area contributed by atoms with Crippen LogP contribution < -0.4 is 4.74 Å². The molecule has 2 heterocycles. The Kier molecular flexibility index (Phi) is 5.93. The van der Waals surface area contributed by atoms with Gasteiger partial charge in [-0.1, -0.05) is 27.6 Å². The van der Waals surface area contributed by atoms with Gasteiger partial charge in [0.15, 0.2) is 21.2 Å². The van der Waals surface area contributed by atoms with Gasteiger partial charge in [-0.15, -0.1) is 23.2 Å². The average Bonchev–Trinajstić information content (AvgIpc) is 3.20. The molecule has 1 saturated carbocycles. The van der Waals surface area contributed by atoms with Crippen molar-refractivity contribution in [1.82, 2.24) is 9.80 Å². The number of methoxy groups -OCH3 is 2. The lowest BCUT2D eigenvalue weighted by Gasteiger charge is -2.50. The first-order valence-electron chi connectivity index (χ1n) is 11.3. The summed E-state index contributed by atoms with van der Waals surface area (Å²) in [4.78, 5) is 62.9. The Bertz CT molecular complexity index is 1330. The number of phenols is 1. The molecule has 1 N–H and O–H groups in total. The van der Waals surface area contributed by atoms with Gasteiger partial charge in [0.1, 0.15) is 0 Å². The monoisotopic (exact) mass is 614 g/mol. The van der Waals surface area contributed by atoms with Gasteiger partial charge in [0.05, 0.1) is 26.1 Å². The number of phenolic OH excluding ortho intramolecular Hbond substituents is 1. The van der Waals surface area contributed by atoms with Gasteiger partial charge >= 0.3 is 6.09 Å². The first-order valence-corrected chi connectivity index (χ1v) is 12.8. The molecule has 4 aliphatic rings. The zero-order chi connectivity index (χ0) is 27.2. The van der Waals surface area contributed by atoms with Crippen molar-refractivity contribution >= 4 is 68.9 Å². The number of likely N-dealkylation sites (tertiary alicyclic amines) is 2. The number of allylic oxidation sites excluding steroid dienone is 2.